The molecule has 1 saturated heterocycles. The third-order valence-electron chi connectivity index (χ3n) is 5.97. The summed E-state index contributed by atoms with van der Waals surface area (Å²) < 4.78 is 39.2. The Kier molecular flexibility index (Phi) is 6.44. The molecule has 1 amide bonds. The molecule has 0 saturated carbocycles. The lowest BCUT2D eigenvalue weighted by Crippen LogP contribution is -2.45. The number of benzene rings is 2. The molecular weight excluding hydrogens is 428 g/mol. The van der Waals surface area contributed by atoms with Gasteiger partial charge in [0.25, 0.3) is 0 Å². The topological polar surface area (TPSA) is 84.9 Å². The van der Waals surface area contributed by atoms with Crippen molar-refractivity contribution < 1.29 is 22.7 Å². The normalized spacial score (nSPS) is 20.6. The number of carbonyl (C=O) groups is 1. The van der Waals surface area contributed by atoms with Gasteiger partial charge in [-0.3, -0.25) is 4.79 Å². The van der Waals surface area contributed by atoms with Gasteiger partial charge in [-0.25, -0.2) is 8.42 Å². The molecule has 2 aliphatic heterocycles. The van der Waals surface area contributed by atoms with Crippen LogP contribution < -0.4 is 14.8 Å². The van der Waals surface area contributed by atoms with Gasteiger partial charge in [-0.1, -0.05) is 17.7 Å². The van der Waals surface area contributed by atoms with E-state index in [4.69, 9.17) is 9.47 Å². The molecule has 32 heavy (non-hydrogen) atoms. The van der Waals surface area contributed by atoms with E-state index in [0.29, 0.717) is 26.0 Å². The Hall–Kier alpha value is -2.58. The first-order valence-electron chi connectivity index (χ1n) is 11.1. The van der Waals surface area contributed by atoms with Crippen LogP contribution in [0.5, 0.6) is 11.5 Å². The number of fused-ring (bicyclic) bond motifs is 1. The van der Waals surface area contributed by atoms with Gasteiger partial charge in [-0.05, 0) is 57.9 Å². The summed E-state index contributed by atoms with van der Waals surface area (Å²) in [6, 6.07) is 9.90. The minimum atomic E-state index is -3.74. The number of nitrogens with zero attached hydrogens (tertiary/aromatic N) is 1. The molecule has 0 radical (unpaired) electrons. The van der Waals surface area contributed by atoms with Gasteiger partial charge in [0.05, 0.1) is 11.5 Å². The number of carbonyl (C=O) groups excluding carboxylic acids is 1. The molecular formula is C24H30N2O5S. The fourth-order valence-corrected chi connectivity index (χ4v) is 6.00. The van der Waals surface area contributed by atoms with Crippen LogP contribution in [0, 0.1) is 6.92 Å². The van der Waals surface area contributed by atoms with E-state index in [9.17, 15) is 13.2 Å². The number of ether oxygens (including phenoxy) is 2. The highest BCUT2D eigenvalue weighted by Crippen LogP contribution is 2.35. The number of hydrogen-bond acceptors (Lipinski definition) is 5. The summed E-state index contributed by atoms with van der Waals surface area (Å²) in [6.45, 7) is 6.94. The number of rotatable bonds is 7. The Bertz CT molecular complexity index is 1100. The molecule has 1 unspecified atom stereocenters. The van der Waals surface area contributed by atoms with E-state index in [0.717, 1.165) is 34.6 Å². The fraction of sp³-hybridized carbons (Fsp3) is 0.458. The third-order valence-corrected chi connectivity index (χ3v) is 7.89. The summed E-state index contributed by atoms with van der Waals surface area (Å²) in [7, 11) is -3.74. The molecule has 8 heteroatoms. The van der Waals surface area contributed by atoms with Crippen LogP contribution in [0.15, 0.2) is 41.3 Å². The molecule has 0 aromatic heterocycles. The maximum atomic E-state index is 13.1. The second kappa shape index (κ2) is 9.11. The highest BCUT2D eigenvalue weighted by atomic mass is 32.2. The van der Waals surface area contributed by atoms with E-state index in [-0.39, 0.29) is 23.5 Å². The lowest BCUT2D eigenvalue weighted by atomic mass is 10.1. The average molecular weight is 459 g/mol. The fourth-order valence-electron chi connectivity index (χ4n) is 4.35. The Morgan fingerprint density at radius 2 is 2.00 bits per heavy atom. The minimum absolute atomic E-state index is 0.114. The van der Waals surface area contributed by atoms with Crippen molar-refractivity contribution in [3.05, 3.63) is 53.1 Å². The minimum Gasteiger partial charge on any atom is -0.494 e. The van der Waals surface area contributed by atoms with Crippen LogP contribution in [0.2, 0.25) is 0 Å². The molecule has 172 valence electrons. The largest absolute Gasteiger partial charge is 0.494 e. The van der Waals surface area contributed by atoms with Crippen LogP contribution in [-0.2, 0) is 27.8 Å². The number of aryl methyl sites for hydroxylation is 1. The quantitative estimate of drug-likeness (QED) is 0.689. The Morgan fingerprint density at radius 1 is 1.25 bits per heavy atom. The summed E-state index contributed by atoms with van der Waals surface area (Å²) in [5.74, 6) is 1.24. The summed E-state index contributed by atoms with van der Waals surface area (Å²) in [5.41, 5.74) is 2.90. The van der Waals surface area contributed by atoms with Crippen molar-refractivity contribution in [2.75, 3.05) is 13.2 Å². The number of amides is 1. The molecule has 2 aromatic carbocycles. The smallest absolute Gasteiger partial charge is 0.243 e. The second-order valence-corrected chi connectivity index (χ2v) is 10.3. The maximum Gasteiger partial charge on any atom is 0.243 e. The number of nitrogens with one attached hydrogen (secondary N) is 1. The zero-order valence-electron chi connectivity index (χ0n) is 18.8. The molecule has 0 spiro atoms. The zero-order valence-corrected chi connectivity index (χ0v) is 19.6. The van der Waals surface area contributed by atoms with Gasteiger partial charge in [0.2, 0.25) is 15.9 Å². The summed E-state index contributed by atoms with van der Waals surface area (Å²) >= 11 is 0. The molecule has 4 rings (SSSR count). The lowest BCUT2D eigenvalue weighted by molar-refractivity contribution is -0.124. The van der Waals surface area contributed by atoms with Crippen molar-refractivity contribution in [1.29, 1.82) is 0 Å². The van der Waals surface area contributed by atoms with Crippen LogP contribution >= 0.6 is 0 Å². The van der Waals surface area contributed by atoms with Crippen molar-refractivity contribution in [2.45, 2.75) is 63.6 Å². The summed E-state index contributed by atoms with van der Waals surface area (Å²) in [5, 5.41) is 2.92. The van der Waals surface area contributed by atoms with E-state index in [1.165, 1.54) is 4.31 Å². The van der Waals surface area contributed by atoms with Crippen LogP contribution in [0.25, 0.3) is 0 Å². The van der Waals surface area contributed by atoms with Crippen molar-refractivity contribution >= 4 is 15.9 Å². The second-order valence-electron chi connectivity index (χ2n) is 8.44. The van der Waals surface area contributed by atoms with Crippen molar-refractivity contribution in [1.82, 2.24) is 9.62 Å². The van der Waals surface area contributed by atoms with Gasteiger partial charge in [-0.15, -0.1) is 0 Å². The number of hydrogen-bond donors (Lipinski definition) is 1. The van der Waals surface area contributed by atoms with Gasteiger partial charge >= 0.3 is 0 Å². The van der Waals surface area contributed by atoms with Crippen LogP contribution in [0.1, 0.15) is 43.4 Å². The molecule has 2 aromatic rings. The predicted molar refractivity (Wildman–Crippen MR) is 121 cm³/mol. The maximum absolute atomic E-state index is 13.1. The van der Waals surface area contributed by atoms with Crippen molar-refractivity contribution in [2.24, 2.45) is 0 Å². The molecule has 2 aliphatic rings. The number of sulfonamides is 1. The molecule has 2 heterocycles. The molecule has 7 nitrogen and oxygen atoms in total. The van der Waals surface area contributed by atoms with Crippen molar-refractivity contribution in [3.63, 3.8) is 0 Å². The monoisotopic (exact) mass is 458 g/mol. The van der Waals surface area contributed by atoms with Crippen LogP contribution in [-0.4, -0.2) is 43.9 Å². The van der Waals surface area contributed by atoms with Gasteiger partial charge in [0.15, 0.2) is 0 Å². The third kappa shape index (κ3) is 4.47. The zero-order chi connectivity index (χ0) is 22.9. The SMILES string of the molecule is CCOc1cc2c(cc1CNC(=O)[C@@H]1CCCN1S(=O)(=O)c1ccc(C)cc1)OC(C)C2. The van der Waals surface area contributed by atoms with Gasteiger partial charge < -0.3 is 14.8 Å². The predicted octanol–water partition coefficient (Wildman–Crippen LogP) is 3.19. The van der Waals surface area contributed by atoms with E-state index < -0.39 is 16.1 Å². The standard InChI is InChI=1S/C24H30N2O5S/c1-4-30-22-13-18-12-17(3)31-23(18)14-19(22)15-25-24(27)21-6-5-11-26(21)32(28,29)20-9-7-16(2)8-10-20/h7-10,13-14,17,21H,4-6,11-12,15H2,1-3H3,(H,25,27)/t17?,21-/m0/s1. The highest BCUT2D eigenvalue weighted by Gasteiger charge is 2.39. The lowest BCUT2D eigenvalue weighted by Gasteiger charge is -2.24. The van der Waals surface area contributed by atoms with Gasteiger partial charge in [-0.2, -0.15) is 4.31 Å². The molecule has 0 aliphatic carbocycles. The average Bonchev–Trinajstić information content (AvgIpc) is 3.38. The summed E-state index contributed by atoms with van der Waals surface area (Å²) in [6.07, 6.45) is 2.09. The molecule has 2 atom stereocenters. The molecule has 0 bridgehead atoms. The summed E-state index contributed by atoms with van der Waals surface area (Å²) in [4.78, 5) is 13.2. The Labute approximate surface area is 189 Å². The first-order valence-corrected chi connectivity index (χ1v) is 12.5. The van der Waals surface area contributed by atoms with Crippen LogP contribution in [0.3, 0.4) is 0 Å². The van der Waals surface area contributed by atoms with E-state index in [2.05, 4.69) is 5.32 Å². The van der Waals surface area contributed by atoms with Crippen molar-refractivity contribution in [3.8, 4) is 11.5 Å². The highest BCUT2D eigenvalue weighted by molar-refractivity contribution is 7.89. The van der Waals surface area contributed by atoms with Gasteiger partial charge in [0, 0.05) is 30.6 Å². The Balaban J connectivity index is 1.49. The first kappa shape index (κ1) is 22.6. The molecule has 1 N–H and O–H groups in total. The van der Waals surface area contributed by atoms with Gasteiger partial charge in [0.1, 0.15) is 23.6 Å². The van der Waals surface area contributed by atoms with E-state index >= 15 is 0 Å². The molecule has 1 fully saturated rings. The first-order chi connectivity index (χ1) is 15.3. The van der Waals surface area contributed by atoms with Crippen LogP contribution in [0.4, 0.5) is 0 Å². The van der Waals surface area contributed by atoms with E-state index in [1.807, 2.05) is 32.9 Å². The van der Waals surface area contributed by atoms with E-state index in [1.54, 1.807) is 24.3 Å². The Morgan fingerprint density at radius 3 is 2.72 bits per heavy atom.